The number of rotatable bonds is 12. The molecule has 2 aromatic carbocycles. The van der Waals surface area contributed by atoms with Crippen LogP contribution in [0.4, 0.5) is 14.0 Å². The predicted molar refractivity (Wildman–Crippen MR) is 256 cm³/mol. The molecule has 1 aliphatic carbocycles. The highest BCUT2D eigenvalue weighted by Gasteiger charge is 2.40. The molecule has 5 atom stereocenters. The van der Waals surface area contributed by atoms with Gasteiger partial charge < -0.3 is 44.6 Å². The van der Waals surface area contributed by atoms with Gasteiger partial charge in [0.2, 0.25) is 18.0 Å². The molecule has 6 aromatic rings. The number of benzene rings is 2. The Kier molecular flexibility index (Phi) is 12.2. The summed E-state index contributed by atoms with van der Waals surface area (Å²) < 4.78 is 35.6. The average molecular weight is 961 g/mol. The highest BCUT2D eigenvalue weighted by molar-refractivity contribution is 7.12. The van der Waals surface area contributed by atoms with Gasteiger partial charge in [0.15, 0.2) is 0 Å². The molecule has 4 aromatic heterocycles. The summed E-state index contributed by atoms with van der Waals surface area (Å²) in [5.41, 5.74) is 5.46. The maximum Gasteiger partial charge on any atom is 0.407 e. The highest BCUT2D eigenvalue weighted by Crippen LogP contribution is 2.50. The Labute approximate surface area is 402 Å². The van der Waals surface area contributed by atoms with Crippen molar-refractivity contribution in [2.24, 2.45) is 11.8 Å². The lowest BCUT2D eigenvalue weighted by molar-refractivity contribution is -0.136. The Morgan fingerprint density at radius 3 is 1.93 bits per heavy atom. The lowest BCUT2D eigenvalue weighted by Crippen LogP contribution is -2.51. The summed E-state index contributed by atoms with van der Waals surface area (Å²) in [6, 6.07) is 9.25. The van der Waals surface area contributed by atoms with Crippen LogP contribution in [0.15, 0.2) is 48.8 Å². The summed E-state index contributed by atoms with van der Waals surface area (Å²) in [6.45, 7) is 10.6. The van der Waals surface area contributed by atoms with E-state index in [1.807, 2.05) is 58.9 Å². The standard InChI is InChI=1S/C50H57FN10O7S/c1-24(2)40(57-49(64)66-6)46(62)59-16-8-10-35(59)43-52-22-32(55-43)28-14-15-34-30(18-28)20-37-39-31(51)19-29(21-38(39)68-48(61(34)37)42-26(5)54-45(69-42)27-12-13-27)33-23-53-44(56-33)36-11-9-17-60(36)47(63)41(25(3)4)58-50(65)67-7/h14-15,18-25,27,35-36,40-41,48H,8-13,16-17H2,1-7H3,(H,52,55)(H,53,56)(H,57,64)(H,58,65)/t35-,36-,40-,41-,48?/m0/s1. The summed E-state index contributed by atoms with van der Waals surface area (Å²) >= 11 is 1.65. The van der Waals surface area contributed by atoms with Crippen molar-refractivity contribution in [3.05, 3.63) is 81.8 Å². The van der Waals surface area contributed by atoms with E-state index in [1.165, 1.54) is 20.3 Å². The normalized spacial score (nSPS) is 19.7. The Bertz CT molecular complexity index is 2970. The molecule has 3 aliphatic heterocycles. The largest absolute Gasteiger partial charge is 0.464 e. The van der Waals surface area contributed by atoms with Crippen LogP contribution in [0.3, 0.4) is 0 Å². The van der Waals surface area contributed by atoms with E-state index < -0.39 is 36.3 Å². The van der Waals surface area contributed by atoms with E-state index in [4.69, 9.17) is 29.2 Å². The molecule has 19 heteroatoms. The van der Waals surface area contributed by atoms with Crippen LogP contribution >= 0.6 is 11.3 Å². The Morgan fingerprint density at radius 1 is 0.797 bits per heavy atom. The van der Waals surface area contributed by atoms with Gasteiger partial charge in [-0.3, -0.25) is 14.2 Å². The second-order valence-electron chi connectivity index (χ2n) is 19.2. The molecule has 3 fully saturated rings. The Morgan fingerprint density at radius 2 is 1.38 bits per heavy atom. The fraction of sp³-hybridized carbons (Fsp3) is 0.460. The van der Waals surface area contributed by atoms with E-state index in [9.17, 15) is 19.2 Å². The first-order chi connectivity index (χ1) is 33.2. The number of alkyl carbamates (subject to hydrolysis) is 2. The maximum atomic E-state index is 17.0. The number of aryl methyl sites for hydroxylation is 1. The number of likely N-dealkylation sites (tertiary alicyclic amines) is 2. The van der Waals surface area contributed by atoms with Crippen molar-refractivity contribution < 1.29 is 37.8 Å². The Balaban J connectivity index is 0.975. The molecule has 4 N–H and O–H groups in total. The molecule has 0 spiro atoms. The molecule has 0 bridgehead atoms. The molecule has 1 unspecified atom stereocenters. The van der Waals surface area contributed by atoms with Gasteiger partial charge in [0, 0.05) is 35.5 Å². The molecule has 4 aliphatic rings. The third-order valence-corrected chi connectivity index (χ3v) is 15.3. The quantitative estimate of drug-likeness (QED) is 0.0918. The number of carbonyl (C=O) groups is 4. The minimum Gasteiger partial charge on any atom is -0.464 e. The number of thiazole rings is 1. The van der Waals surface area contributed by atoms with E-state index in [-0.39, 0.29) is 35.7 Å². The molecule has 4 amide bonds. The lowest BCUT2D eigenvalue weighted by atomic mass is 10.0. The molecule has 0 radical (unpaired) electrons. The molecular weight excluding hydrogens is 904 g/mol. The summed E-state index contributed by atoms with van der Waals surface area (Å²) in [7, 11) is 2.55. The van der Waals surface area contributed by atoms with Gasteiger partial charge in [-0.15, -0.1) is 11.3 Å². The van der Waals surface area contributed by atoms with E-state index in [2.05, 4.69) is 31.2 Å². The van der Waals surface area contributed by atoms with Crippen LogP contribution < -0.4 is 15.4 Å². The summed E-state index contributed by atoms with van der Waals surface area (Å²) in [5, 5.41) is 7.35. The number of carbonyl (C=O) groups excluding carboxylic acids is 4. The van der Waals surface area contributed by atoms with Gasteiger partial charge in [0.05, 0.1) is 82.4 Å². The van der Waals surface area contributed by atoms with E-state index >= 15 is 4.39 Å². The second kappa shape index (κ2) is 18.3. The van der Waals surface area contributed by atoms with Crippen molar-refractivity contribution in [3.63, 3.8) is 0 Å². The molecule has 10 rings (SSSR count). The van der Waals surface area contributed by atoms with Crippen molar-refractivity contribution in [1.82, 2.24) is 49.9 Å². The van der Waals surface area contributed by atoms with Gasteiger partial charge in [0.25, 0.3) is 0 Å². The summed E-state index contributed by atoms with van der Waals surface area (Å²) in [6.07, 6.45) is 6.63. The summed E-state index contributed by atoms with van der Waals surface area (Å²) in [4.78, 5) is 77.8. The third kappa shape index (κ3) is 8.48. The smallest absolute Gasteiger partial charge is 0.407 e. The fourth-order valence-electron chi connectivity index (χ4n) is 10.1. The minimum atomic E-state index is -0.773. The molecule has 1 saturated carbocycles. The Hall–Kier alpha value is -6.76. The van der Waals surface area contributed by atoms with Crippen molar-refractivity contribution in [1.29, 1.82) is 0 Å². The zero-order chi connectivity index (χ0) is 48.4. The third-order valence-electron chi connectivity index (χ3n) is 13.9. The van der Waals surface area contributed by atoms with Crippen molar-refractivity contribution in [2.45, 2.75) is 109 Å². The minimum absolute atomic E-state index is 0.154. The number of hydrogen-bond acceptors (Lipinski definition) is 11. The zero-order valence-corrected chi connectivity index (χ0v) is 40.5. The van der Waals surface area contributed by atoms with Crippen LogP contribution in [0, 0.1) is 24.6 Å². The first-order valence-electron chi connectivity index (χ1n) is 23.8. The second-order valence-corrected chi connectivity index (χ2v) is 20.3. The number of hydrogen-bond donors (Lipinski definition) is 4. The highest BCUT2D eigenvalue weighted by atomic mass is 32.1. The molecule has 2 saturated heterocycles. The number of methoxy groups -OCH3 is 2. The van der Waals surface area contributed by atoms with Crippen LogP contribution in [0.1, 0.15) is 118 Å². The van der Waals surface area contributed by atoms with Gasteiger partial charge in [-0.2, -0.15) is 0 Å². The number of aromatic nitrogens is 6. The molecule has 69 heavy (non-hydrogen) atoms. The monoisotopic (exact) mass is 960 g/mol. The molecule has 362 valence electrons. The van der Waals surface area contributed by atoms with Gasteiger partial charge in [-0.05, 0) is 87.6 Å². The number of fused-ring (bicyclic) bond motifs is 5. The van der Waals surface area contributed by atoms with E-state index in [0.717, 1.165) is 69.8 Å². The summed E-state index contributed by atoms with van der Waals surface area (Å²) in [5.74, 6) is 0.850. The molecular formula is C50H57FN10O7S. The number of nitrogens with one attached hydrogen (secondary N) is 4. The average Bonchev–Trinajstić information content (AvgIpc) is 4.02. The first-order valence-corrected chi connectivity index (χ1v) is 24.6. The van der Waals surface area contributed by atoms with Crippen molar-refractivity contribution in [2.75, 3.05) is 27.3 Å². The van der Waals surface area contributed by atoms with E-state index in [0.29, 0.717) is 65.3 Å². The number of halogens is 1. The van der Waals surface area contributed by atoms with Gasteiger partial charge in [-0.25, -0.2) is 28.9 Å². The number of H-pyrrole nitrogens is 2. The van der Waals surface area contributed by atoms with Gasteiger partial charge >= 0.3 is 12.2 Å². The number of aromatic amines is 2. The first kappa shape index (κ1) is 46.0. The van der Waals surface area contributed by atoms with Crippen molar-refractivity contribution in [3.8, 4) is 39.5 Å². The van der Waals surface area contributed by atoms with Crippen LogP contribution in [0.2, 0.25) is 0 Å². The van der Waals surface area contributed by atoms with Gasteiger partial charge in [0.1, 0.15) is 35.3 Å². The van der Waals surface area contributed by atoms with Crippen LogP contribution in [-0.2, 0) is 19.1 Å². The fourth-order valence-corrected chi connectivity index (χ4v) is 11.4. The molecule has 17 nitrogen and oxygen atoms in total. The predicted octanol–water partition coefficient (Wildman–Crippen LogP) is 8.90. The van der Waals surface area contributed by atoms with Crippen LogP contribution in [0.5, 0.6) is 5.75 Å². The van der Waals surface area contributed by atoms with Crippen LogP contribution in [-0.4, -0.2) is 103 Å². The number of nitrogens with zero attached hydrogens (tertiary/aromatic N) is 6. The SMILES string of the molecule is COC(=O)N[C@H](C(=O)N1CCC[C@H]1c1ncc(-c2cc(F)c3c(c2)OC(c2sc(C4CC4)nc2C)n2c-3cc3cc(-c4cnc([C@@H]5CCCN5C(=O)[C@@H](NC(=O)OC)C(C)C)[nH]4)ccc32)[nH]1)C(C)C. The number of amides is 4. The zero-order valence-electron chi connectivity index (χ0n) is 39.7. The van der Waals surface area contributed by atoms with E-state index in [1.54, 1.807) is 33.5 Å². The van der Waals surface area contributed by atoms with Gasteiger partial charge in [-0.1, -0.05) is 33.8 Å². The van der Waals surface area contributed by atoms with Crippen molar-refractivity contribution >= 4 is 46.2 Å². The van der Waals surface area contributed by atoms with Crippen LogP contribution in [0.25, 0.3) is 44.7 Å². The molecule has 7 heterocycles. The number of ether oxygens (including phenoxy) is 3. The number of imidazole rings is 2. The lowest BCUT2D eigenvalue weighted by Gasteiger charge is -2.30. The topological polar surface area (TPSA) is 202 Å². The maximum absolute atomic E-state index is 17.0.